The molecule has 0 heterocycles. The standard InChI is InChI=1S/2CH3.Bi.Y/h2*1H3;;. The first-order valence-corrected chi connectivity index (χ1v) is 7.85. The van der Waals surface area contributed by atoms with Crippen LogP contribution in [0, 0.1) is 0 Å². The summed E-state index contributed by atoms with van der Waals surface area (Å²) < 4.78 is 4.61. The molecule has 0 aliphatic carbocycles. The summed E-state index contributed by atoms with van der Waals surface area (Å²) in [7, 11) is 0. The second kappa shape index (κ2) is 8.89. The third-order valence-electron chi connectivity index (χ3n) is 0. The van der Waals surface area contributed by atoms with Gasteiger partial charge in [0.1, 0.15) is 0 Å². The molecule has 0 saturated heterocycles. The van der Waals surface area contributed by atoms with Crippen molar-refractivity contribution < 1.29 is 32.7 Å². The van der Waals surface area contributed by atoms with Gasteiger partial charge in [0.25, 0.3) is 0 Å². The van der Waals surface area contributed by atoms with Crippen molar-refractivity contribution in [2.24, 2.45) is 0 Å². The van der Waals surface area contributed by atoms with Gasteiger partial charge < -0.3 is 0 Å². The molecule has 0 N–H and O–H groups in total. The van der Waals surface area contributed by atoms with Crippen molar-refractivity contribution >= 4 is 23.2 Å². The van der Waals surface area contributed by atoms with Gasteiger partial charge in [0, 0.05) is 32.7 Å². The van der Waals surface area contributed by atoms with Gasteiger partial charge in [-0.05, 0) is 0 Å². The largest absolute Gasteiger partial charge is 0 e. The van der Waals surface area contributed by atoms with Crippen LogP contribution >= 0.6 is 0 Å². The molecule has 0 aromatic carbocycles. The minimum absolute atomic E-state index is 0. The SMILES string of the molecule is [CH3][Bi][CH3].[Y]. The molecule has 0 atom stereocenters. The van der Waals surface area contributed by atoms with Gasteiger partial charge in [0.05, 0.1) is 0 Å². The average molecular weight is 328 g/mol. The molecule has 0 aliphatic rings. The first-order chi connectivity index (χ1) is 1.41. The third-order valence-corrected chi connectivity index (χ3v) is 0. The zero-order chi connectivity index (χ0) is 2.71. The summed E-state index contributed by atoms with van der Waals surface area (Å²) in [6.45, 7) is 0. The molecule has 22 valence electrons. The summed E-state index contributed by atoms with van der Waals surface area (Å²) in [6, 6.07) is 0. The molecule has 0 aromatic rings. The first kappa shape index (κ1) is 9.37. The molecule has 0 fully saturated rings. The van der Waals surface area contributed by atoms with Gasteiger partial charge in [-0.1, -0.05) is 0 Å². The summed E-state index contributed by atoms with van der Waals surface area (Å²) >= 11 is 0.167. The maximum absolute atomic E-state index is 2.31. The monoisotopic (exact) mass is 328 g/mol. The van der Waals surface area contributed by atoms with Crippen molar-refractivity contribution in [2.45, 2.75) is 9.26 Å². The molecule has 0 saturated carbocycles. The Morgan fingerprint density at radius 2 is 1.25 bits per heavy atom. The van der Waals surface area contributed by atoms with E-state index in [1.54, 1.807) is 0 Å². The van der Waals surface area contributed by atoms with E-state index in [1.165, 1.54) is 0 Å². The fourth-order valence-electron chi connectivity index (χ4n) is 0. The molecule has 2 heteroatoms. The van der Waals surface area contributed by atoms with Crippen LogP contribution in [0.2, 0.25) is 9.26 Å². The molecule has 4 heavy (non-hydrogen) atoms. The topological polar surface area (TPSA) is 0 Å². The van der Waals surface area contributed by atoms with Crippen LogP contribution in [-0.4, -0.2) is 23.2 Å². The van der Waals surface area contributed by atoms with Crippen LogP contribution < -0.4 is 0 Å². The Labute approximate surface area is 64.2 Å². The van der Waals surface area contributed by atoms with E-state index < -0.39 is 0 Å². The number of hydrogen-bond donors (Lipinski definition) is 0. The van der Waals surface area contributed by atoms with E-state index in [1.807, 2.05) is 0 Å². The molecular formula is C2H6BiY. The Kier molecular flexibility index (Phi) is 20.8. The molecule has 0 spiro atoms. The normalized spacial score (nSPS) is 4.50. The predicted molar refractivity (Wildman–Crippen MR) is 17.5 cm³/mol. The van der Waals surface area contributed by atoms with Crippen molar-refractivity contribution in [1.82, 2.24) is 0 Å². The van der Waals surface area contributed by atoms with Crippen molar-refractivity contribution in [2.75, 3.05) is 0 Å². The first-order valence-electron chi connectivity index (χ1n) is 0.894. The maximum Gasteiger partial charge on any atom is 0 e. The van der Waals surface area contributed by atoms with Crippen LogP contribution in [0.4, 0.5) is 0 Å². The fourth-order valence-corrected chi connectivity index (χ4v) is 0. The molecular weight excluding hydrogens is 322 g/mol. The zero-order valence-electron chi connectivity index (χ0n) is 3.02. The Bertz CT molecular complexity index is 6.00. The van der Waals surface area contributed by atoms with Gasteiger partial charge >= 0.3 is 32.5 Å². The minimum Gasteiger partial charge on any atom is 0 e. The fraction of sp³-hybridized carbons (Fsp3) is 1.00. The Morgan fingerprint density at radius 1 is 1.25 bits per heavy atom. The van der Waals surface area contributed by atoms with E-state index in [9.17, 15) is 0 Å². The van der Waals surface area contributed by atoms with E-state index in [0.29, 0.717) is 0 Å². The van der Waals surface area contributed by atoms with Crippen molar-refractivity contribution in [3.8, 4) is 0 Å². The smallest absolute Gasteiger partial charge is 0 e. The zero-order valence-corrected chi connectivity index (χ0v) is 9.34. The van der Waals surface area contributed by atoms with Crippen LogP contribution in [0.1, 0.15) is 0 Å². The van der Waals surface area contributed by atoms with E-state index in [4.69, 9.17) is 0 Å². The van der Waals surface area contributed by atoms with Crippen LogP contribution in [0.25, 0.3) is 0 Å². The van der Waals surface area contributed by atoms with Crippen LogP contribution in [0.3, 0.4) is 0 Å². The summed E-state index contributed by atoms with van der Waals surface area (Å²) in [4.78, 5) is 0. The van der Waals surface area contributed by atoms with Gasteiger partial charge in [-0.2, -0.15) is 0 Å². The van der Waals surface area contributed by atoms with Gasteiger partial charge in [-0.3, -0.25) is 0 Å². The molecule has 0 amide bonds. The van der Waals surface area contributed by atoms with E-state index in [0.717, 1.165) is 0 Å². The van der Waals surface area contributed by atoms with Gasteiger partial charge in [0.15, 0.2) is 0 Å². The predicted octanol–water partition coefficient (Wildman–Crippen LogP) is 0.784. The summed E-state index contributed by atoms with van der Waals surface area (Å²) in [6.07, 6.45) is 0. The summed E-state index contributed by atoms with van der Waals surface area (Å²) in [5.74, 6) is 0. The third kappa shape index (κ3) is 9.01. The van der Waals surface area contributed by atoms with Gasteiger partial charge in [0.2, 0.25) is 0 Å². The average Bonchev–Trinajstić information content (AvgIpc) is 0.918. The number of hydrogen-bond acceptors (Lipinski definition) is 0. The van der Waals surface area contributed by atoms with Gasteiger partial charge in [-0.25, -0.2) is 0 Å². The second-order valence-corrected chi connectivity index (χ2v) is 3.92. The molecule has 0 rings (SSSR count). The molecule has 0 unspecified atom stereocenters. The van der Waals surface area contributed by atoms with E-state index in [-0.39, 0.29) is 55.9 Å². The molecule has 2 radical (unpaired) electrons. The summed E-state index contributed by atoms with van der Waals surface area (Å²) in [5, 5.41) is 0. The quantitative estimate of drug-likeness (QED) is 0.577. The second-order valence-electron chi connectivity index (χ2n) is 0.447. The van der Waals surface area contributed by atoms with E-state index in [2.05, 4.69) is 9.26 Å². The van der Waals surface area contributed by atoms with Crippen LogP contribution in [0.5, 0.6) is 0 Å². The maximum atomic E-state index is 2.31. The molecule has 0 aromatic heterocycles. The van der Waals surface area contributed by atoms with Crippen molar-refractivity contribution in [1.29, 1.82) is 0 Å². The van der Waals surface area contributed by atoms with E-state index >= 15 is 0 Å². The molecule has 0 bridgehead atoms. The van der Waals surface area contributed by atoms with Gasteiger partial charge in [-0.15, -0.1) is 0 Å². The Balaban J connectivity index is 0. The minimum atomic E-state index is 0. The Hall–Kier alpha value is 1.99. The summed E-state index contributed by atoms with van der Waals surface area (Å²) in [5.41, 5.74) is 0. The van der Waals surface area contributed by atoms with Crippen molar-refractivity contribution in [3.63, 3.8) is 0 Å². The van der Waals surface area contributed by atoms with Crippen LogP contribution in [-0.2, 0) is 32.7 Å². The Morgan fingerprint density at radius 3 is 1.25 bits per heavy atom. The molecule has 0 aliphatic heterocycles. The van der Waals surface area contributed by atoms with Crippen molar-refractivity contribution in [3.05, 3.63) is 0 Å². The molecule has 0 nitrogen and oxygen atoms in total. The van der Waals surface area contributed by atoms with Crippen LogP contribution in [0.15, 0.2) is 0 Å². The number of rotatable bonds is 0.